The molecule has 2 atom stereocenters. The van der Waals surface area contributed by atoms with E-state index in [1.54, 1.807) is 12.1 Å². The molecule has 0 amide bonds. The van der Waals surface area contributed by atoms with Gasteiger partial charge in [0.25, 0.3) is 0 Å². The number of ketones is 1. The van der Waals surface area contributed by atoms with Crippen molar-refractivity contribution in [2.24, 2.45) is 11.8 Å². The third kappa shape index (κ3) is 4.28. The van der Waals surface area contributed by atoms with Crippen molar-refractivity contribution >= 4 is 17.3 Å². The third-order valence-corrected chi connectivity index (χ3v) is 3.88. The summed E-state index contributed by atoms with van der Waals surface area (Å²) in [6, 6.07) is 5.71. The van der Waals surface area contributed by atoms with Crippen LogP contribution in [-0.2, 0) is 4.79 Å². The Bertz CT molecular complexity index is 584. The molecule has 0 aliphatic heterocycles. The first-order valence-corrected chi connectivity index (χ1v) is 7.45. The largest absolute Gasteiger partial charge is 0.369 e. The number of Topliss-reactive ketones (excluding diaryl/α,β-unsaturated/α-hetero) is 1. The van der Waals surface area contributed by atoms with Crippen LogP contribution in [0.1, 0.15) is 19.3 Å². The Labute approximate surface area is 130 Å². The van der Waals surface area contributed by atoms with Crippen LogP contribution >= 0.6 is 0 Å². The fourth-order valence-electron chi connectivity index (χ4n) is 2.68. The lowest BCUT2D eigenvalue weighted by Gasteiger charge is -2.12. The summed E-state index contributed by atoms with van der Waals surface area (Å²) in [5.74, 6) is 0.662. The summed E-state index contributed by atoms with van der Waals surface area (Å²) in [4.78, 5) is 19.4. The van der Waals surface area contributed by atoms with E-state index in [0.717, 1.165) is 19.3 Å². The highest BCUT2D eigenvalue weighted by Crippen LogP contribution is 2.31. The lowest BCUT2D eigenvalue weighted by atomic mass is 9.93. The molecule has 1 aliphatic carbocycles. The molecular formula is C16H19N5O. The second kappa shape index (κ2) is 8.11. The molecule has 1 saturated carbocycles. The first-order valence-electron chi connectivity index (χ1n) is 7.45. The zero-order valence-electron chi connectivity index (χ0n) is 12.4. The molecule has 0 saturated heterocycles. The van der Waals surface area contributed by atoms with Crippen LogP contribution in [0.25, 0.3) is 4.85 Å². The predicted molar refractivity (Wildman–Crippen MR) is 83.3 cm³/mol. The zero-order chi connectivity index (χ0) is 15.8. The number of anilines is 1. The van der Waals surface area contributed by atoms with E-state index >= 15 is 0 Å². The number of carbonyl (C=O) groups excluding carboxylic acids is 1. The van der Waals surface area contributed by atoms with Gasteiger partial charge in [0.2, 0.25) is 5.69 Å². The molecule has 0 spiro atoms. The molecule has 22 heavy (non-hydrogen) atoms. The molecule has 6 nitrogen and oxygen atoms in total. The standard InChI is InChI=1S/C16H19N5O/c1-18-13-5-6-16(21-10-13)20-8-7-19-11-15(22)14-4-2-3-12(14)9-17/h5-6,10,12,14,19H,2-4,7-8,11H2,(H,20,21)/t12-,14?/m0/s1. The number of rotatable bonds is 7. The molecule has 0 bridgehead atoms. The van der Waals surface area contributed by atoms with Gasteiger partial charge in [0.05, 0.1) is 25.1 Å². The smallest absolute Gasteiger partial charge is 0.205 e. The highest BCUT2D eigenvalue weighted by molar-refractivity contribution is 5.83. The minimum Gasteiger partial charge on any atom is -0.369 e. The molecular weight excluding hydrogens is 278 g/mol. The molecule has 1 aliphatic rings. The SMILES string of the molecule is [C-]#[N+]c1ccc(NCCNCC(=O)C2CCC[C@H]2C#N)nc1. The normalized spacial score (nSPS) is 20.1. The molecule has 114 valence electrons. The molecule has 1 fully saturated rings. The van der Waals surface area contributed by atoms with Gasteiger partial charge in [-0.3, -0.25) is 9.78 Å². The minimum absolute atomic E-state index is 0.0895. The summed E-state index contributed by atoms with van der Waals surface area (Å²) < 4.78 is 0. The maximum absolute atomic E-state index is 12.0. The average Bonchev–Trinajstić information content (AvgIpc) is 3.03. The fraction of sp³-hybridized carbons (Fsp3) is 0.500. The van der Waals surface area contributed by atoms with Crippen molar-refractivity contribution in [3.63, 3.8) is 0 Å². The van der Waals surface area contributed by atoms with E-state index in [9.17, 15) is 4.79 Å². The Morgan fingerprint density at radius 3 is 3.00 bits per heavy atom. The molecule has 2 rings (SSSR count). The number of hydrogen-bond acceptors (Lipinski definition) is 5. The molecule has 1 aromatic rings. The van der Waals surface area contributed by atoms with Gasteiger partial charge in [-0.15, -0.1) is 0 Å². The van der Waals surface area contributed by atoms with Gasteiger partial charge in [0, 0.05) is 25.2 Å². The van der Waals surface area contributed by atoms with E-state index in [2.05, 4.69) is 26.5 Å². The summed E-state index contributed by atoms with van der Waals surface area (Å²) in [6.45, 7) is 8.45. The number of hydrogen-bond donors (Lipinski definition) is 2. The lowest BCUT2D eigenvalue weighted by molar-refractivity contribution is -0.122. The number of carbonyl (C=O) groups is 1. The van der Waals surface area contributed by atoms with Gasteiger partial charge in [0.15, 0.2) is 5.78 Å². The lowest BCUT2D eigenvalue weighted by Crippen LogP contribution is -2.32. The summed E-state index contributed by atoms with van der Waals surface area (Å²) >= 11 is 0. The van der Waals surface area contributed by atoms with Gasteiger partial charge < -0.3 is 10.6 Å². The maximum atomic E-state index is 12.0. The predicted octanol–water partition coefficient (Wildman–Crippen LogP) is 2.14. The Hall–Kier alpha value is -2.44. The molecule has 1 unspecified atom stereocenters. The molecule has 0 radical (unpaired) electrons. The van der Waals surface area contributed by atoms with Crippen molar-refractivity contribution < 1.29 is 4.79 Å². The second-order valence-electron chi connectivity index (χ2n) is 5.36. The van der Waals surface area contributed by atoms with E-state index in [4.69, 9.17) is 11.8 Å². The topological polar surface area (TPSA) is 82.2 Å². The van der Waals surface area contributed by atoms with Crippen molar-refractivity contribution in [3.05, 3.63) is 29.7 Å². The maximum Gasteiger partial charge on any atom is 0.205 e. The van der Waals surface area contributed by atoms with Gasteiger partial charge >= 0.3 is 0 Å². The zero-order valence-corrected chi connectivity index (χ0v) is 12.4. The van der Waals surface area contributed by atoms with Crippen LogP contribution in [0.3, 0.4) is 0 Å². The van der Waals surface area contributed by atoms with Crippen molar-refractivity contribution in [1.82, 2.24) is 10.3 Å². The molecule has 6 heteroatoms. The van der Waals surface area contributed by atoms with Crippen molar-refractivity contribution in [2.75, 3.05) is 25.0 Å². The molecule has 1 aromatic heterocycles. The second-order valence-corrected chi connectivity index (χ2v) is 5.36. The van der Waals surface area contributed by atoms with Gasteiger partial charge in [-0.1, -0.05) is 12.5 Å². The van der Waals surface area contributed by atoms with Crippen LogP contribution in [0.4, 0.5) is 11.5 Å². The van der Waals surface area contributed by atoms with Gasteiger partial charge in [-0.2, -0.15) is 5.26 Å². The van der Waals surface area contributed by atoms with Gasteiger partial charge in [-0.25, -0.2) is 4.85 Å². The van der Waals surface area contributed by atoms with Crippen molar-refractivity contribution in [1.29, 1.82) is 5.26 Å². The molecule has 1 heterocycles. The Kier molecular flexibility index (Phi) is 5.88. The van der Waals surface area contributed by atoms with Crippen LogP contribution in [-0.4, -0.2) is 30.4 Å². The van der Waals surface area contributed by atoms with E-state index in [1.807, 2.05) is 0 Å². The van der Waals surface area contributed by atoms with Crippen molar-refractivity contribution in [2.45, 2.75) is 19.3 Å². The number of pyridine rings is 1. The Balaban J connectivity index is 1.64. The van der Waals surface area contributed by atoms with E-state index < -0.39 is 0 Å². The number of nitrogens with zero attached hydrogens (tertiary/aromatic N) is 3. The van der Waals surface area contributed by atoms with Crippen LogP contribution < -0.4 is 10.6 Å². The van der Waals surface area contributed by atoms with E-state index in [-0.39, 0.29) is 17.6 Å². The Morgan fingerprint density at radius 1 is 1.45 bits per heavy atom. The minimum atomic E-state index is -0.0995. The van der Waals surface area contributed by atoms with E-state index in [0.29, 0.717) is 31.1 Å². The van der Waals surface area contributed by atoms with Crippen LogP contribution in [0.5, 0.6) is 0 Å². The monoisotopic (exact) mass is 297 g/mol. The molecule has 0 aromatic carbocycles. The number of nitriles is 1. The summed E-state index contributed by atoms with van der Waals surface area (Å²) in [5.41, 5.74) is 0.512. The number of aromatic nitrogens is 1. The number of nitrogens with one attached hydrogen (secondary N) is 2. The highest BCUT2D eigenvalue weighted by atomic mass is 16.1. The Morgan fingerprint density at radius 2 is 2.32 bits per heavy atom. The first-order chi connectivity index (χ1) is 10.7. The quantitative estimate of drug-likeness (QED) is 0.595. The average molecular weight is 297 g/mol. The summed E-state index contributed by atoms with van der Waals surface area (Å²) in [6.07, 6.45) is 4.19. The van der Waals surface area contributed by atoms with Gasteiger partial charge in [-0.05, 0) is 18.9 Å². The van der Waals surface area contributed by atoms with Crippen LogP contribution in [0, 0.1) is 29.7 Å². The fourth-order valence-corrected chi connectivity index (χ4v) is 2.68. The van der Waals surface area contributed by atoms with Gasteiger partial charge in [0.1, 0.15) is 5.82 Å². The van der Waals surface area contributed by atoms with Crippen LogP contribution in [0.15, 0.2) is 18.3 Å². The van der Waals surface area contributed by atoms with E-state index in [1.165, 1.54) is 6.20 Å². The highest BCUT2D eigenvalue weighted by Gasteiger charge is 2.32. The third-order valence-electron chi connectivity index (χ3n) is 3.88. The first kappa shape index (κ1) is 15.9. The van der Waals surface area contributed by atoms with Crippen LogP contribution in [0.2, 0.25) is 0 Å². The summed E-state index contributed by atoms with van der Waals surface area (Å²) in [5, 5.41) is 15.2. The molecule has 2 N–H and O–H groups in total. The van der Waals surface area contributed by atoms with Crippen molar-refractivity contribution in [3.8, 4) is 6.07 Å². The summed E-state index contributed by atoms with van der Waals surface area (Å²) in [7, 11) is 0.